The second-order valence-electron chi connectivity index (χ2n) is 1.88. The number of hydrogen-bond acceptors (Lipinski definition) is 1. The first-order valence-corrected chi connectivity index (χ1v) is 4.97. The molecule has 48 valence electrons. The van der Waals surface area contributed by atoms with Gasteiger partial charge < -0.3 is 5.32 Å². The van der Waals surface area contributed by atoms with Crippen molar-refractivity contribution in [1.29, 1.82) is 0 Å². The van der Waals surface area contributed by atoms with E-state index in [9.17, 15) is 0 Å². The molecule has 0 amide bonds. The second-order valence-corrected chi connectivity index (χ2v) is 2.94. The number of rotatable bonds is 5. The van der Waals surface area contributed by atoms with Gasteiger partial charge in [-0.1, -0.05) is 19.9 Å². The molecule has 1 N–H and O–H groups in total. The summed E-state index contributed by atoms with van der Waals surface area (Å²) in [6.07, 6.45) is 3.84. The van der Waals surface area contributed by atoms with Crippen LogP contribution in [-0.4, -0.2) is 22.2 Å². The van der Waals surface area contributed by atoms with Gasteiger partial charge in [0.05, 0.1) is 9.52 Å². The smallest absolute Gasteiger partial charge is 0.0528 e. The molecule has 0 aromatic carbocycles. The van der Waals surface area contributed by atoms with Gasteiger partial charge in [0.15, 0.2) is 0 Å². The summed E-state index contributed by atoms with van der Waals surface area (Å²) in [5.74, 6) is 0. The zero-order valence-electron chi connectivity index (χ0n) is 5.83. The van der Waals surface area contributed by atoms with Crippen LogP contribution in [0.15, 0.2) is 0 Å². The standard InChI is InChI=1S/C6H15NSi/c1-3-4-5-7-6-8-2/h7H,3-6H2,1-2H3. The molecule has 1 nitrogen and oxygen atoms in total. The Morgan fingerprint density at radius 2 is 2.25 bits per heavy atom. The fraction of sp³-hybridized carbons (Fsp3) is 1.00. The SMILES string of the molecule is CCCCNC[Si]C. The summed E-state index contributed by atoms with van der Waals surface area (Å²) in [7, 11) is 1.06. The van der Waals surface area contributed by atoms with Crippen molar-refractivity contribution >= 4 is 9.52 Å². The molecule has 0 aliphatic carbocycles. The molecule has 0 aromatic heterocycles. The molecule has 0 bridgehead atoms. The van der Waals surface area contributed by atoms with Crippen LogP contribution in [0.2, 0.25) is 6.55 Å². The molecule has 0 spiro atoms. The van der Waals surface area contributed by atoms with Gasteiger partial charge in [-0.05, 0) is 19.1 Å². The van der Waals surface area contributed by atoms with Crippen molar-refractivity contribution in [2.24, 2.45) is 0 Å². The predicted octanol–water partition coefficient (Wildman–Crippen LogP) is 1.09. The first kappa shape index (κ1) is 8.18. The normalized spacial score (nSPS) is 9.75. The van der Waals surface area contributed by atoms with Crippen molar-refractivity contribution in [2.75, 3.05) is 12.7 Å². The van der Waals surface area contributed by atoms with Crippen LogP contribution >= 0.6 is 0 Å². The Labute approximate surface area is 54.7 Å². The predicted molar refractivity (Wildman–Crippen MR) is 39.4 cm³/mol. The van der Waals surface area contributed by atoms with E-state index in [4.69, 9.17) is 0 Å². The van der Waals surface area contributed by atoms with Gasteiger partial charge in [0.25, 0.3) is 0 Å². The molecule has 8 heavy (non-hydrogen) atoms. The Morgan fingerprint density at radius 3 is 2.75 bits per heavy atom. The lowest BCUT2D eigenvalue weighted by Gasteiger charge is -1.97. The number of nitrogens with one attached hydrogen (secondary N) is 1. The Hall–Kier alpha value is 0.177. The van der Waals surface area contributed by atoms with Crippen LogP contribution in [-0.2, 0) is 0 Å². The molecular weight excluding hydrogens is 114 g/mol. The summed E-state index contributed by atoms with van der Waals surface area (Å²) in [6, 6.07) is 0. The van der Waals surface area contributed by atoms with E-state index in [-0.39, 0.29) is 0 Å². The molecule has 0 saturated heterocycles. The third-order valence-electron chi connectivity index (χ3n) is 1.01. The van der Waals surface area contributed by atoms with Crippen LogP contribution in [0, 0.1) is 0 Å². The summed E-state index contributed by atoms with van der Waals surface area (Å²) in [5.41, 5.74) is 0. The highest BCUT2D eigenvalue weighted by Gasteiger charge is 1.81. The highest BCUT2D eigenvalue weighted by Crippen LogP contribution is 1.80. The Balaban J connectivity index is 2.53. The molecule has 0 aliphatic rings. The van der Waals surface area contributed by atoms with Gasteiger partial charge in [0.2, 0.25) is 0 Å². The van der Waals surface area contributed by atoms with Gasteiger partial charge in [0.1, 0.15) is 0 Å². The van der Waals surface area contributed by atoms with E-state index in [1.807, 2.05) is 0 Å². The van der Waals surface area contributed by atoms with E-state index in [1.54, 1.807) is 0 Å². The van der Waals surface area contributed by atoms with E-state index >= 15 is 0 Å². The maximum atomic E-state index is 3.35. The fourth-order valence-electron chi connectivity index (χ4n) is 0.515. The van der Waals surface area contributed by atoms with E-state index in [0.29, 0.717) is 0 Å². The topological polar surface area (TPSA) is 12.0 Å². The zero-order chi connectivity index (χ0) is 6.24. The molecule has 2 heteroatoms. The largest absolute Gasteiger partial charge is 0.320 e. The molecule has 0 saturated carbocycles. The third kappa shape index (κ3) is 6.18. The third-order valence-corrected chi connectivity index (χ3v) is 1.61. The van der Waals surface area contributed by atoms with Gasteiger partial charge in [-0.2, -0.15) is 0 Å². The number of unbranched alkanes of at least 4 members (excludes halogenated alkanes) is 1. The number of hydrogen-bond donors (Lipinski definition) is 1. The van der Waals surface area contributed by atoms with Gasteiger partial charge in [-0.3, -0.25) is 0 Å². The van der Waals surface area contributed by atoms with Crippen LogP contribution in [0.4, 0.5) is 0 Å². The van der Waals surface area contributed by atoms with E-state index < -0.39 is 0 Å². The molecule has 0 rings (SSSR count). The van der Waals surface area contributed by atoms with Crippen molar-refractivity contribution in [3.63, 3.8) is 0 Å². The first-order valence-electron chi connectivity index (χ1n) is 3.27. The lowest BCUT2D eigenvalue weighted by Crippen LogP contribution is -2.19. The Kier molecular flexibility index (Phi) is 7.34. The molecule has 0 fully saturated rings. The summed E-state index contributed by atoms with van der Waals surface area (Å²) in [6.45, 7) is 5.65. The lowest BCUT2D eigenvalue weighted by molar-refractivity contribution is 0.695. The van der Waals surface area contributed by atoms with Gasteiger partial charge in [-0.15, -0.1) is 0 Å². The minimum atomic E-state index is 1.06. The monoisotopic (exact) mass is 129 g/mol. The zero-order valence-corrected chi connectivity index (χ0v) is 6.83. The minimum Gasteiger partial charge on any atom is -0.320 e. The van der Waals surface area contributed by atoms with Crippen molar-refractivity contribution in [2.45, 2.75) is 26.3 Å². The maximum absolute atomic E-state index is 3.35. The second kappa shape index (κ2) is 7.18. The molecule has 0 aromatic rings. The quantitative estimate of drug-likeness (QED) is 0.433. The average Bonchev–Trinajstić information content (AvgIpc) is 1.81. The summed E-state index contributed by atoms with van der Waals surface area (Å²) < 4.78 is 0. The fourth-order valence-corrected chi connectivity index (χ4v) is 0.942. The van der Waals surface area contributed by atoms with Gasteiger partial charge >= 0.3 is 0 Å². The first-order chi connectivity index (χ1) is 3.91. The van der Waals surface area contributed by atoms with Crippen molar-refractivity contribution in [1.82, 2.24) is 5.32 Å². The van der Waals surface area contributed by atoms with Gasteiger partial charge in [0, 0.05) is 0 Å². The molecule has 0 heterocycles. The minimum absolute atomic E-state index is 1.06. The lowest BCUT2D eigenvalue weighted by atomic mass is 10.3. The van der Waals surface area contributed by atoms with E-state index in [2.05, 4.69) is 18.8 Å². The maximum Gasteiger partial charge on any atom is 0.0528 e. The highest BCUT2D eigenvalue weighted by atomic mass is 28.2. The Bertz CT molecular complexity index is 33.5. The van der Waals surface area contributed by atoms with Crippen LogP contribution in [0.3, 0.4) is 0 Å². The Morgan fingerprint density at radius 1 is 1.50 bits per heavy atom. The van der Waals surface area contributed by atoms with Crippen LogP contribution in [0.25, 0.3) is 0 Å². The summed E-state index contributed by atoms with van der Waals surface area (Å²) in [4.78, 5) is 0. The average molecular weight is 129 g/mol. The van der Waals surface area contributed by atoms with Crippen molar-refractivity contribution < 1.29 is 0 Å². The van der Waals surface area contributed by atoms with Crippen molar-refractivity contribution in [3.8, 4) is 0 Å². The van der Waals surface area contributed by atoms with Crippen LogP contribution < -0.4 is 5.32 Å². The van der Waals surface area contributed by atoms with Crippen LogP contribution in [0.1, 0.15) is 19.8 Å². The highest BCUT2D eigenvalue weighted by molar-refractivity contribution is 6.33. The molecule has 0 atom stereocenters. The van der Waals surface area contributed by atoms with E-state index in [0.717, 1.165) is 9.52 Å². The molecule has 0 unspecified atom stereocenters. The summed E-state index contributed by atoms with van der Waals surface area (Å²) >= 11 is 0. The van der Waals surface area contributed by atoms with E-state index in [1.165, 1.54) is 25.6 Å². The molecular formula is C6H15NSi. The molecule has 0 aliphatic heterocycles. The molecule has 2 radical (unpaired) electrons. The summed E-state index contributed by atoms with van der Waals surface area (Å²) in [5, 5.41) is 3.35. The van der Waals surface area contributed by atoms with Gasteiger partial charge in [-0.25, -0.2) is 0 Å². The van der Waals surface area contributed by atoms with Crippen LogP contribution in [0.5, 0.6) is 0 Å². The van der Waals surface area contributed by atoms with Crippen molar-refractivity contribution in [3.05, 3.63) is 0 Å².